The van der Waals surface area contributed by atoms with Crippen LogP contribution >= 0.6 is 15.9 Å². The molecular weight excluding hydrogens is 414 g/mol. The van der Waals surface area contributed by atoms with Gasteiger partial charge in [0.25, 0.3) is 0 Å². The Balaban J connectivity index is 1.54. The molecule has 1 aromatic carbocycles. The van der Waals surface area contributed by atoms with Crippen LogP contribution in [0.5, 0.6) is 5.88 Å². The molecule has 0 saturated carbocycles. The SMILES string of the molecule is Nc1cccc(OCCOC2CCCN(c3cc(Br)ccc3C(=O)O)C2)n1. The molecule has 27 heavy (non-hydrogen) atoms. The number of nitrogens with two attached hydrogens (primary N) is 1. The van der Waals surface area contributed by atoms with Gasteiger partial charge >= 0.3 is 5.97 Å². The van der Waals surface area contributed by atoms with Crippen molar-refractivity contribution in [2.24, 2.45) is 0 Å². The van der Waals surface area contributed by atoms with Gasteiger partial charge in [-0.2, -0.15) is 4.98 Å². The number of pyridine rings is 1. The number of nitrogens with zero attached hydrogens (tertiary/aromatic N) is 2. The van der Waals surface area contributed by atoms with Gasteiger partial charge in [-0.1, -0.05) is 22.0 Å². The molecule has 0 radical (unpaired) electrons. The summed E-state index contributed by atoms with van der Waals surface area (Å²) >= 11 is 3.42. The molecule has 1 aromatic heterocycles. The lowest BCUT2D eigenvalue weighted by molar-refractivity contribution is 0.0252. The van der Waals surface area contributed by atoms with Crippen LogP contribution in [0.1, 0.15) is 23.2 Å². The van der Waals surface area contributed by atoms with E-state index in [-0.39, 0.29) is 6.10 Å². The zero-order valence-electron chi connectivity index (χ0n) is 14.8. The first-order valence-electron chi connectivity index (χ1n) is 8.77. The topological polar surface area (TPSA) is 97.9 Å². The summed E-state index contributed by atoms with van der Waals surface area (Å²) in [6, 6.07) is 10.5. The first kappa shape index (κ1) is 19.4. The molecule has 1 aliphatic rings. The highest BCUT2D eigenvalue weighted by Crippen LogP contribution is 2.28. The number of hydrogen-bond donors (Lipinski definition) is 2. The number of ether oxygens (including phenoxy) is 2. The lowest BCUT2D eigenvalue weighted by Gasteiger charge is -2.35. The van der Waals surface area contributed by atoms with E-state index in [1.165, 1.54) is 0 Å². The maximum Gasteiger partial charge on any atom is 0.337 e. The number of halogens is 1. The van der Waals surface area contributed by atoms with Gasteiger partial charge in [0, 0.05) is 23.6 Å². The van der Waals surface area contributed by atoms with Crippen molar-refractivity contribution in [1.82, 2.24) is 4.98 Å². The molecule has 1 aliphatic heterocycles. The van der Waals surface area contributed by atoms with Crippen LogP contribution in [-0.4, -0.2) is 48.5 Å². The molecule has 144 valence electrons. The van der Waals surface area contributed by atoms with Crippen molar-refractivity contribution in [2.45, 2.75) is 18.9 Å². The Morgan fingerprint density at radius 1 is 1.33 bits per heavy atom. The third kappa shape index (κ3) is 5.33. The Kier molecular flexibility index (Phi) is 6.52. The van der Waals surface area contributed by atoms with Crippen LogP contribution < -0.4 is 15.4 Å². The fourth-order valence-corrected chi connectivity index (χ4v) is 3.46. The number of carbonyl (C=O) groups is 1. The minimum absolute atomic E-state index is 0.0248. The normalized spacial score (nSPS) is 16.9. The second kappa shape index (κ2) is 9.05. The molecule has 0 bridgehead atoms. The summed E-state index contributed by atoms with van der Waals surface area (Å²) in [5.41, 5.74) is 6.64. The largest absolute Gasteiger partial charge is 0.478 e. The standard InChI is InChI=1S/C19H22BrN3O4/c20-13-6-7-15(19(24)25)16(11-13)23-8-2-3-14(12-23)26-9-10-27-18-5-1-4-17(21)22-18/h1,4-7,11,14H,2-3,8-10,12H2,(H2,21,22)(H,24,25). The molecule has 8 heteroatoms. The van der Waals surface area contributed by atoms with Crippen molar-refractivity contribution in [3.05, 3.63) is 46.4 Å². The van der Waals surface area contributed by atoms with E-state index in [0.717, 1.165) is 23.9 Å². The highest BCUT2D eigenvalue weighted by molar-refractivity contribution is 9.10. The van der Waals surface area contributed by atoms with Gasteiger partial charge in [-0.15, -0.1) is 0 Å². The van der Waals surface area contributed by atoms with Crippen LogP contribution in [0.2, 0.25) is 0 Å². The summed E-state index contributed by atoms with van der Waals surface area (Å²) in [7, 11) is 0. The minimum Gasteiger partial charge on any atom is -0.478 e. The Labute approximate surface area is 166 Å². The molecule has 2 aromatic rings. The molecule has 3 N–H and O–H groups in total. The Bertz CT molecular complexity index is 802. The first-order chi connectivity index (χ1) is 13.0. The minimum atomic E-state index is -0.927. The van der Waals surface area contributed by atoms with Crippen LogP contribution in [0.3, 0.4) is 0 Å². The van der Waals surface area contributed by atoms with E-state index >= 15 is 0 Å². The van der Waals surface area contributed by atoms with Crippen molar-refractivity contribution in [3.63, 3.8) is 0 Å². The van der Waals surface area contributed by atoms with E-state index in [0.29, 0.717) is 42.7 Å². The Morgan fingerprint density at radius 3 is 2.96 bits per heavy atom. The van der Waals surface area contributed by atoms with E-state index < -0.39 is 5.97 Å². The molecule has 1 atom stereocenters. The van der Waals surface area contributed by atoms with Crippen molar-refractivity contribution in [2.75, 3.05) is 36.9 Å². The number of rotatable bonds is 7. The Hall–Kier alpha value is -2.32. The lowest BCUT2D eigenvalue weighted by Crippen LogP contribution is -2.40. The number of aromatic nitrogens is 1. The summed E-state index contributed by atoms with van der Waals surface area (Å²) in [5, 5.41) is 9.45. The highest BCUT2D eigenvalue weighted by Gasteiger charge is 2.24. The molecule has 0 aliphatic carbocycles. The molecule has 7 nitrogen and oxygen atoms in total. The third-order valence-corrected chi connectivity index (χ3v) is 4.83. The third-order valence-electron chi connectivity index (χ3n) is 4.34. The molecule has 1 saturated heterocycles. The van der Waals surface area contributed by atoms with E-state index in [1.54, 1.807) is 30.3 Å². The van der Waals surface area contributed by atoms with Crippen molar-refractivity contribution < 1.29 is 19.4 Å². The van der Waals surface area contributed by atoms with Gasteiger partial charge in [0.1, 0.15) is 12.4 Å². The average molecular weight is 436 g/mol. The van der Waals surface area contributed by atoms with Gasteiger partial charge in [-0.3, -0.25) is 0 Å². The van der Waals surface area contributed by atoms with E-state index in [4.69, 9.17) is 15.2 Å². The molecule has 2 heterocycles. The number of nitrogen functional groups attached to an aromatic ring is 1. The highest BCUT2D eigenvalue weighted by atomic mass is 79.9. The van der Waals surface area contributed by atoms with Crippen LogP contribution in [0.25, 0.3) is 0 Å². The first-order valence-corrected chi connectivity index (χ1v) is 9.57. The van der Waals surface area contributed by atoms with Crippen molar-refractivity contribution >= 4 is 33.4 Å². The fraction of sp³-hybridized carbons (Fsp3) is 0.368. The monoisotopic (exact) mass is 435 g/mol. The quantitative estimate of drug-likeness (QED) is 0.644. The van der Waals surface area contributed by atoms with E-state index in [9.17, 15) is 9.90 Å². The number of aromatic carboxylic acids is 1. The Morgan fingerprint density at radius 2 is 2.19 bits per heavy atom. The number of anilines is 2. The summed E-state index contributed by atoms with van der Waals surface area (Å²) < 4.78 is 12.3. The number of piperidine rings is 1. The van der Waals surface area contributed by atoms with Gasteiger partial charge in [0.2, 0.25) is 5.88 Å². The van der Waals surface area contributed by atoms with E-state index in [1.807, 2.05) is 6.07 Å². The van der Waals surface area contributed by atoms with Gasteiger partial charge in [0.15, 0.2) is 0 Å². The summed E-state index contributed by atoms with van der Waals surface area (Å²) in [5.74, 6) is -0.0349. The predicted molar refractivity (Wildman–Crippen MR) is 106 cm³/mol. The maximum absolute atomic E-state index is 11.5. The van der Waals surface area contributed by atoms with Crippen LogP contribution in [0, 0.1) is 0 Å². The van der Waals surface area contributed by atoms with Gasteiger partial charge < -0.3 is 25.2 Å². The average Bonchev–Trinajstić information content (AvgIpc) is 2.65. The smallest absolute Gasteiger partial charge is 0.337 e. The number of hydrogen-bond acceptors (Lipinski definition) is 6. The molecule has 1 fully saturated rings. The predicted octanol–water partition coefficient (Wildman–Crippen LogP) is 3.19. The zero-order chi connectivity index (χ0) is 19.2. The van der Waals surface area contributed by atoms with Gasteiger partial charge in [-0.25, -0.2) is 4.79 Å². The van der Waals surface area contributed by atoms with Gasteiger partial charge in [0.05, 0.1) is 24.0 Å². The summed E-state index contributed by atoms with van der Waals surface area (Å²) in [6.45, 7) is 2.26. The second-order valence-electron chi connectivity index (χ2n) is 6.30. The molecule has 0 amide bonds. The molecular formula is C19H22BrN3O4. The van der Waals surface area contributed by atoms with E-state index in [2.05, 4.69) is 25.8 Å². The lowest BCUT2D eigenvalue weighted by atomic mass is 10.1. The summed E-state index contributed by atoms with van der Waals surface area (Å²) in [4.78, 5) is 17.7. The second-order valence-corrected chi connectivity index (χ2v) is 7.21. The van der Waals surface area contributed by atoms with Crippen molar-refractivity contribution in [3.8, 4) is 5.88 Å². The fourth-order valence-electron chi connectivity index (χ4n) is 3.11. The van der Waals surface area contributed by atoms with Crippen molar-refractivity contribution in [1.29, 1.82) is 0 Å². The molecule has 0 spiro atoms. The summed E-state index contributed by atoms with van der Waals surface area (Å²) in [6.07, 6.45) is 1.90. The van der Waals surface area contributed by atoms with Gasteiger partial charge in [-0.05, 0) is 37.1 Å². The number of carboxylic acid groups (broad SMARTS) is 1. The van der Waals surface area contributed by atoms with Crippen LogP contribution in [0.15, 0.2) is 40.9 Å². The zero-order valence-corrected chi connectivity index (χ0v) is 16.4. The number of benzene rings is 1. The number of carboxylic acids is 1. The van der Waals surface area contributed by atoms with Crippen LogP contribution in [-0.2, 0) is 4.74 Å². The van der Waals surface area contributed by atoms with Crippen LogP contribution in [0.4, 0.5) is 11.5 Å². The maximum atomic E-state index is 11.5. The molecule has 1 unspecified atom stereocenters. The molecule has 3 rings (SSSR count).